The Morgan fingerprint density at radius 3 is 2.38 bits per heavy atom. The standard InChI is InChI=1S/C16H21NO4/c1-11(2)7-10-21-13-5-3-12(4-6-13)17-14(18)16(8-9-16)15(19)20/h3-6,11H,7-10H2,1-2H3,(H,17,18)(H,19,20). The summed E-state index contributed by atoms with van der Waals surface area (Å²) in [6.07, 6.45) is 1.80. The number of carbonyl (C=O) groups excluding carboxylic acids is 1. The number of nitrogens with one attached hydrogen (secondary N) is 1. The minimum atomic E-state index is -1.22. The molecular formula is C16H21NO4. The van der Waals surface area contributed by atoms with Crippen LogP contribution in [0.1, 0.15) is 33.1 Å². The summed E-state index contributed by atoms with van der Waals surface area (Å²) in [5.41, 5.74) is -0.629. The van der Waals surface area contributed by atoms with Crippen molar-refractivity contribution >= 4 is 17.6 Å². The van der Waals surface area contributed by atoms with Crippen LogP contribution < -0.4 is 10.1 Å². The number of rotatable bonds is 7. The average Bonchev–Trinajstić information content (AvgIpc) is 3.22. The summed E-state index contributed by atoms with van der Waals surface area (Å²) in [5.74, 6) is -0.153. The van der Waals surface area contributed by atoms with Gasteiger partial charge in [0.05, 0.1) is 6.61 Å². The van der Waals surface area contributed by atoms with Crippen LogP contribution in [0, 0.1) is 11.3 Å². The summed E-state index contributed by atoms with van der Waals surface area (Å²) >= 11 is 0. The van der Waals surface area contributed by atoms with Crippen LogP contribution in [0.15, 0.2) is 24.3 Å². The summed E-state index contributed by atoms with van der Waals surface area (Å²) in [6.45, 7) is 4.93. The predicted molar refractivity (Wildman–Crippen MR) is 79.3 cm³/mol. The largest absolute Gasteiger partial charge is 0.494 e. The number of aliphatic carboxylic acids is 1. The Hall–Kier alpha value is -2.04. The van der Waals surface area contributed by atoms with Gasteiger partial charge in [-0.3, -0.25) is 9.59 Å². The zero-order chi connectivity index (χ0) is 15.5. The fraction of sp³-hybridized carbons (Fsp3) is 0.500. The third-order valence-electron chi connectivity index (χ3n) is 3.67. The minimum absolute atomic E-state index is 0.407. The highest BCUT2D eigenvalue weighted by atomic mass is 16.5. The fourth-order valence-corrected chi connectivity index (χ4v) is 1.96. The fourth-order valence-electron chi connectivity index (χ4n) is 1.96. The minimum Gasteiger partial charge on any atom is -0.494 e. The molecule has 1 aliphatic rings. The Balaban J connectivity index is 1.88. The number of carboxylic acid groups (broad SMARTS) is 1. The second-order valence-corrected chi connectivity index (χ2v) is 5.90. The summed E-state index contributed by atoms with van der Waals surface area (Å²) < 4.78 is 5.59. The van der Waals surface area contributed by atoms with Gasteiger partial charge >= 0.3 is 5.97 Å². The van der Waals surface area contributed by atoms with E-state index in [9.17, 15) is 9.59 Å². The molecule has 0 bridgehead atoms. The molecule has 5 nitrogen and oxygen atoms in total. The van der Waals surface area contributed by atoms with E-state index in [0.29, 0.717) is 31.1 Å². The first-order chi connectivity index (χ1) is 9.94. The number of carbonyl (C=O) groups is 2. The first-order valence-corrected chi connectivity index (χ1v) is 7.22. The molecule has 0 unspecified atom stereocenters. The highest BCUT2D eigenvalue weighted by Crippen LogP contribution is 2.46. The van der Waals surface area contributed by atoms with Gasteiger partial charge in [0.1, 0.15) is 11.2 Å². The summed E-state index contributed by atoms with van der Waals surface area (Å²) in [5, 5.41) is 11.7. The summed E-state index contributed by atoms with van der Waals surface area (Å²) in [7, 11) is 0. The molecule has 2 rings (SSSR count). The van der Waals surface area contributed by atoms with Gasteiger partial charge in [-0.05, 0) is 49.4 Å². The van der Waals surface area contributed by atoms with Gasteiger partial charge in [-0.15, -0.1) is 0 Å². The molecule has 0 heterocycles. The van der Waals surface area contributed by atoms with Crippen molar-refractivity contribution in [3.63, 3.8) is 0 Å². The molecule has 1 saturated carbocycles. The SMILES string of the molecule is CC(C)CCOc1ccc(NC(=O)C2(C(=O)O)CC2)cc1. The lowest BCUT2D eigenvalue weighted by molar-refractivity contribution is -0.147. The van der Waals surface area contributed by atoms with Crippen molar-refractivity contribution in [3.8, 4) is 5.75 Å². The molecule has 0 radical (unpaired) electrons. The number of ether oxygens (including phenoxy) is 1. The maximum atomic E-state index is 11.9. The van der Waals surface area contributed by atoms with Crippen LogP contribution in [0.25, 0.3) is 0 Å². The van der Waals surface area contributed by atoms with Crippen molar-refractivity contribution in [2.75, 3.05) is 11.9 Å². The first kappa shape index (κ1) is 15.4. The third-order valence-corrected chi connectivity index (χ3v) is 3.67. The zero-order valence-corrected chi connectivity index (χ0v) is 12.4. The van der Waals surface area contributed by atoms with E-state index >= 15 is 0 Å². The van der Waals surface area contributed by atoms with Crippen LogP contribution in [0.4, 0.5) is 5.69 Å². The lowest BCUT2D eigenvalue weighted by Crippen LogP contribution is -2.31. The number of hydrogen-bond acceptors (Lipinski definition) is 3. The first-order valence-electron chi connectivity index (χ1n) is 7.22. The molecule has 0 aromatic heterocycles. The van der Waals surface area contributed by atoms with E-state index in [1.165, 1.54) is 0 Å². The van der Waals surface area contributed by atoms with Gasteiger partial charge < -0.3 is 15.2 Å². The lowest BCUT2D eigenvalue weighted by atomic mass is 10.1. The Labute approximate surface area is 124 Å². The average molecular weight is 291 g/mol. The number of benzene rings is 1. The van der Waals surface area contributed by atoms with Gasteiger partial charge in [0.15, 0.2) is 0 Å². The summed E-state index contributed by atoms with van der Waals surface area (Å²) in [6, 6.07) is 6.99. The Bertz CT molecular complexity index is 518. The van der Waals surface area contributed by atoms with Crippen molar-refractivity contribution in [1.82, 2.24) is 0 Å². The smallest absolute Gasteiger partial charge is 0.319 e. The van der Waals surface area contributed by atoms with Crippen LogP contribution in [0.2, 0.25) is 0 Å². The van der Waals surface area contributed by atoms with Crippen LogP contribution in [-0.4, -0.2) is 23.6 Å². The highest BCUT2D eigenvalue weighted by Gasteiger charge is 2.57. The molecular weight excluding hydrogens is 270 g/mol. The Morgan fingerprint density at radius 1 is 1.29 bits per heavy atom. The third kappa shape index (κ3) is 3.74. The van der Waals surface area contributed by atoms with Crippen molar-refractivity contribution in [2.45, 2.75) is 33.1 Å². The van der Waals surface area contributed by atoms with E-state index < -0.39 is 17.3 Å². The molecule has 0 spiro atoms. The van der Waals surface area contributed by atoms with Crippen molar-refractivity contribution in [1.29, 1.82) is 0 Å². The second-order valence-electron chi connectivity index (χ2n) is 5.90. The monoisotopic (exact) mass is 291 g/mol. The predicted octanol–water partition coefficient (Wildman–Crippen LogP) is 2.91. The molecule has 114 valence electrons. The number of amides is 1. The van der Waals surface area contributed by atoms with E-state index in [2.05, 4.69) is 19.2 Å². The maximum Gasteiger partial charge on any atom is 0.319 e. The number of anilines is 1. The van der Waals surface area contributed by atoms with Crippen LogP contribution in [0.3, 0.4) is 0 Å². The second kappa shape index (κ2) is 6.16. The number of hydrogen-bond donors (Lipinski definition) is 2. The van der Waals surface area contributed by atoms with Gasteiger partial charge in [0.2, 0.25) is 5.91 Å². The Kier molecular flexibility index (Phi) is 4.50. The van der Waals surface area contributed by atoms with Crippen molar-refractivity contribution in [3.05, 3.63) is 24.3 Å². The van der Waals surface area contributed by atoms with Crippen LogP contribution in [-0.2, 0) is 9.59 Å². The van der Waals surface area contributed by atoms with Gasteiger partial charge in [-0.2, -0.15) is 0 Å². The molecule has 2 N–H and O–H groups in total. The van der Waals surface area contributed by atoms with E-state index in [4.69, 9.17) is 9.84 Å². The van der Waals surface area contributed by atoms with Crippen LogP contribution in [0.5, 0.6) is 5.75 Å². The lowest BCUT2D eigenvalue weighted by Gasteiger charge is -2.12. The van der Waals surface area contributed by atoms with E-state index in [1.54, 1.807) is 24.3 Å². The molecule has 1 amide bonds. The van der Waals surface area contributed by atoms with Crippen molar-refractivity contribution in [2.24, 2.45) is 11.3 Å². The molecule has 0 atom stereocenters. The zero-order valence-electron chi connectivity index (χ0n) is 12.4. The van der Waals surface area contributed by atoms with Gasteiger partial charge in [0, 0.05) is 5.69 Å². The van der Waals surface area contributed by atoms with Crippen molar-refractivity contribution < 1.29 is 19.4 Å². The van der Waals surface area contributed by atoms with Crippen LogP contribution >= 0.6 is 0 Å². The molecule has 1 aliphatic carbocycles. The normalized spacial score (nSPS) is 15.6. The van der Waals surface area contributed by atoms with E-state index in [0.717, 1.165) is 12.2 Å². The molecule has 0 aliphatic heterocycles. The number of carboxylic acids is 1. The quantitative estimate of drug-likeness (QED) is 0.757. The van der Waals surface area contributed by atoms with Gasteiger partial charge in [-0.1, -0.05) is 13.8 Å². The molecule has 5 heteroatoms. The van der Waals surface area contributed by atoms with Gasteiger partial charge in [-0.25, -0.2) is 0 Å². The molecule has 1 aromatic rings. The topological polar surface area (TPSA) is 75.6 Å². The maximum absolute atomic E-state index is 11.9. The molecule has 21 heavy (non-hydrogen) atoms. The van der Waals surface area contributed by atoms with Gasteiger partial charge in [0.25, 0.3) is 0 Å². The molecule has 1 aromatic carbocycles. The summed E-state index contributed by atoms with van der Waals surface area (Å²) in [4.78, 5) is 23.0. The highest BCUT2D eigenvalue weighted by molar-refractivity contribution is 6.10. The molecule has 1 fully saturated rings. The van der Waals surface area contributed by atoms with E-state index in [-0.39, 0.29) is 0 Å². The van der Waals surface area contributed by atoms with E-state index in [1.807, 2.05) is 0 Å². The molecule has 0 saturated heterocycles. The Morgan fingerprint density at radius 2 is 1.90 bits per heavy atom.